The molecular weight excluding hydrogens is 224 g/mol. The maximum atomic E-state index is 5.52. The fraction of sp³-hybridized carbons (Fsp3) is 0.600. The summed E-state index contributed by atoms with van der Waals surface area (Å²) < 4.78 is 5.48. The maximum Gasteiger partial charge on any atom is 0.122 e. The summed E-state index contributed by atoms with van der Waals surface area (Å²) >= 11 is 0. The number of ether oxygens (including phenoxy) is 1. The second kappa shape index (κ2) is 7.39. The lowest BCUT2D eigenvalue weighted by atomic mass is 10.0. The highest BCUT2D eigenvalue weighted by molar-refractivity contribution is 5.43. The first-order chi connectivity index (χ1) is 8.58. The summed E-state index contributed by atoms with van der Waals surface area (Å²) in [5.41, 5.74) is 9.42. The molecule has 3 heteroatoms. The van der Waals surface area contributed by atoms with Gasteiger partial charge in [0.25, 0.3) is 0 Å². The van der Waals surface area contributed by atoms with E-state index in [9.17, 15) is 0 Å². The molecular formula is C15H26N2O. The molecule has 0 unspecified atom stereocenters. The van der Waals surface area contributed by atoms with Gasteiger partial charge in [-0.1, -0.05) is 6.07 Å². The van der Waals surface area contributed by atoms with E-state index < -0.39 is 0 Å². The molecule has 0 radical (unpaired) electrons. The molecule has 102 valence electrons. The first-order valence-electron chi connectivity index (χ1n) is 6.61. The Bertz CT molecular complexity index is 377. The van der Waals surface area contributed by atoms with Gasteiger partial charge in [-0.05, 0) is 69.6 Å². The first kappa shape index (κ1) is 15.0. The van der Waals surface area contributed by atoms with Crippen molar-refractivity contribution in [2.45, 2.75) is 26.7 Å². The Labute approximate surface area is 111 Å². The molecule has 0 amide bonds. The predicted octanol–water partition coefficient (Wildman–Crippen LogP) is 2.14. The molecule has 0 saturated carbocycles. The molecule has 0 spiro atoms. The molecule has 0 aliphatic heterocycles. The molecule has 1 aromatic carbocycles. The van der Waals surface area contributed by atoms with Crippen LogP contribution in [-0.2, 0) is 6.42 Å². The van der Waals surface area contributed by atoms with Gasteiger partial charge in [-0.3, -0.25) is 0 Å². The lowest BCUT2D eigenvalue weighted by Gasteiger charge is -2.18. The molecule has 0 heterocycles. The van der Waals surface area contributed by atoms with Crippen molar-refractivity contribution in [3.63, 3.8) is 0 Å². The molecule has 0 aromatic heterocycles. The third-order valence-electron chi connectivity index (χ3n) is 3.28. The molecule has 0 aliphatic rings. The Morgan fingerprint density at radius 3 is 2.56 bits per heavy atom. The summed E-state index contributed by atoms with van der Waals surface area (Å²) in [6.07, 6.45) is 2.08. The van der Waals surface area contributed by atoms with E-state index in [1.165, 1.54) is 16.7 Å². The average molecular weight is 250 g/mol. The molecule has 18 heavy (non-hydrogen) atoms. The van der Waals surface area contributed by atoms with Crippen LogP contribution in [0.25, 0.3) is 0 Å². The van der Waals surface area contributed by atoms with Crippen LogP contribution in [0, 0.1) is 13.8 Å². The minimum Gasteiger partial charge on any atom is -0.496 e. The van der Waals surface area contributed by atoms with Gasteiger partial charge in [-0.2, -0.15) is 0 Å². The van der Waals surface area contributed by atoms with Gasteiger partial charge in [0.15, 0.2) is 0 Å². The van der Waals surface area contributed by atoms with E-state index >= 15 is 0 Å². The largest absolute Gasteiger partial charge is 0.496 e. The van der Waals surface area contributed by atoms with E-state index in [2.05, 4.69) is 37.9 Å². The topological polar surface area (TPSA) is 38.5 Å². The molecule has 0 bridgehead atoms. The first-order valence-corrected chi connectivity index (χ1v) is 6.61. The molecule has 3 nitrogen and oxygen atoms in total. The molecule has 2 N–H and O–H groups in total. The van der Waals surface area contributed by atoms with Gasteiger partial charge in [0, 0.05) is 6.54 Å². The van der Waals surface area contributed by atoms with Crippen molar-refractivity contribution in [1.82, 2.24) is 4.90 Å². The van der Waals surface area contributed by atoms with Crippen LogP contribution in [0.15, 0.2) is 12.1 Å². The fourth-order valence-electron chi connectivity index (χ4n) is 2.24. The van der Waals surface area contributed by atoms with Gasteiger partial charge in [0.05, 0.1) is 7.11 Å². The summed E-state index contributed by atoms with van der Waals surface area (Å²) in [5, 5.41) is 0. The van der Waals surface area contributed by atoms with Crippen molar-refractivity contribution >= 4 is 0 Å². The van der Waals surface area contributed by atoms with Crippen LogP contribution in [-0.4, -0.2) is 38.7 Å². The minimum atomic E-state index is 0.761. The van der Waals surface area contributed by atoms with Gasteiger partial charge < -0.3 is 15.4 Å². The number of hydrogen-bond acceptors (Lipinski definition) is 3. The average Bonchev–Trinajstić information content (AvgIpc) is 2.34. The second-order valence-electron chi connectivity index (χ2n) is 4.96. The Hall–Kier alpha value is -1.06. The van der Waals surface area contributed by atoms with Gasteiger partial charge >= 0.3 is 0 Å². The highest BCUT2D eigenvalue weighted by Crippen LogP contribution is 2.24. The van der Waals surface area contributed by atoms with Crippen LogP contribution in [0.1, 0.15) is 23.1 Å². The molecule has 0 saturated heterocycles. The van der Waals surface area contributed by atoms with E-state index in [0.717, 1.165) is 38.2 Å². The number of methoxy groups -OCH3 is 1. The van der Waals surface area contributed by atoms with Crippen molar-refractivity contribution in [2.75, 3.05) is 33.8 Å². The lowest BCUT2D eigenvalue weighted by Crippen LogP contribution is -2.24. The van der Waals surface area contributed by atoms with Gasteiger partial charge in [0.1, 0.15) is 5.75 Å². The van der Waals surface area contributed by atoms with E-state index in [4.69, 9.17) is 10.5 Å². The number of rotatable bonds is 7. The van der Waals surface area contributed by atoms with Gasteiger partial charge in [0.2, 0.25) is 0 Å². The lowest BCUT2D eigenvalue weighted by molar-refractivity contribution is 0.332. The van der Waals surface area contributed by atoms with Crippen LogP contribution in [0.3, 0.4) is 0 Å². The van der Waals surface area contributed by atoms with Crippen molar-refractivity contribution < 1.29 is 4.74 Å². The SMILES string of the molecule is COc1cc(C)cc(C)c1CCN(C)CCCN. The number of aryl methyl sites for hydroxylation is 2. The van der Waals surface area contributed by atoms with Crippen molar-refractivity contribution in [1.29, 1.82) is 0 Å². The van der Waals surface area contributed by atoms with Gasteiger partial charge in [-0.15, -0.1) is 0 Å². The number of nitrogens with two attached hydrogens (primary N) is 1. The van der Waals surface area contributed by atoms with E-state index in [1.54, 1.807) is 7.11 Å². The molecule has 0 aliphatic carbocycles. The number of benzene rings is 1. The van der Waals surface area contributed by atoms with Crippen LogP contribution >= 0.6 is 0 Å². The minimum absolute atomic E-state index is 0.761. The Balaban J connectivity index is 2.66. The van der Waals surface area contributed by atoms with Crippen molar-refractivity contribution in [2.24, 2.45) is 5.73 Å². The Kier molecular flexibility index (Phi) is 6.16. The third kappa shape index (κ3) is 4.31. The van der Waals surface area contributed by atoms with E-state index in [-0.39, 0.29) is 0 Å². The highest BCUT2D eigenvalue weighted by Gasteiger charge is 2.08. The zero-order valence-electron chi connectivity index (χ0n) is 12.1. The van der Waals surface area contributed by atoms with Crippen LogP contribution in [0.5, 0.6) is 5.75 Å². The van der Waals surface area contributed by atoms with E-state index in [0.29, 0.717) is 0 Å². The fourth-order valence-corrected chi connectivity index (χ4v) is 2.24. The molecule has 1 rings (SSSR count). The van der Waals surface area contributed by atoms with Gasteiger partial charge in [-0.25, -0.2) is 0 Å². The van der Waals surface area contributed by atoms with E-state index in [1.807, 2.05) is 0 Å². The Morgan fingerprint density at radius 1 is 1.22 bits per heavy atom. The molecule has 0 fully saturated rings. The van der Waals surface area contributed by atoms with Crippen LogP contribution in [0.2, 0.25) is 0 Å². The third-order valence-corrected chi connectivity index (χ3v) is 3.28. The summed E-state index contributed by atoms with van der Waals surface area (Å²) in [6, 6.07) is 4.33. The monoisotopic (exact) mass is 250 g/mol. The molecule has 0 atom stereocenters. The zero-order valence-corrected chi connectivity index (χ0v) is 12.1. The smallest absolute Gasteiger partial charge is 0.122 e. The number of hydrogen-bond donors (Lipinski definition) is 1. The maximum absolute atomic E-state index is 5.52. The Morgan fingerprint density at radius 2 is 1.94 bits per heavy atom. The summed E-state index contributed by atoms with van der Waals surface area (Å²) in [6.45, 7) is 7.12. The van der Waals surface area contributed by atoms with Crippen molar-refractivity contribution in [3.05, 3.63) is 28.8 Å². The second-order valence-corrected chi connectivity index (χ2v) is 4.96. The van der Waals surface area contributed by atoms with Crippen molar-refractivity contribution in [3.8, 4) is 5.75 Å². The predicted molar refractivity (Wildman–Crippen MR) is 77.3 cm³/mol. The zero-order chi connectivity index (χ0) is 13.5. The summed E-state index contributed by atoms with van der Waals surface area (Å²) in [5.74, 6) is 1.01. The molecule has 1 aromatic rings. The summed E-state index contributed by atoms with van der Waals surface area (Å²) in [7, 11) is 3.89. The normalized spacial score (nSPS) is 11.0. The highest BCUT2D eigenvalue weighted by atomic mass is 16.5. The number of nitrogens with zero attached hydrogens (tertiary/aromatic N) is 1. The number of likely N-dealkylation sites (N-methyl/N-ethyl adjacent to an activating group) is 1. The van der Waals surface area contributed by atoms with Crippen LogP contribution in [0.4, 0.5) is 0 Å². The summed E-state index contributed by atoms with van der Waals surface area (Å²) in [4.78, 5) is 2.32. The standard InChI is InChI=1S/C15H26N2O/c1-12-10-13(2)14(15(11-12)18-4)6-9-17(3)8-5-7-16/h10-11H,5-9,16H2,1-4H3. The van der Waals surface area contributed by atoms with Crippen LogP contribution < -0.4 is 10.5 Å². The quantitative estimate of drug-likeness (QED) is 0.805.